The quantitative estimate of drug-likeness (QED) is 0.0352. The smallest absolute Gasteiger partial charge is 0.108 e. The Labute approximate surface area is 525 Å². The van der Waals surface area contributed by atoms with Gasteiger partial charge in [0.25, 0.3) is 0 Å². The largest absolute Gasteiger partial charge is 0.369 e. The monoisotopic (exact) mass is 1320 g/mol. The fourth-order valence-electron chi connectivity index (χ4n) is 15.7. The van der Waals surface area contributed by atoms with E-state index >= 15 is 0 Å². The highest BCUT2D eigenvalue weighted by atomic mass is 28.5. The van der Waals surface area contributed by atoms with E-state index in [0.717, 1.165) is 43.3 Å². The summed E-state index contributed by atoms with van der Waals surface area (Å²) in [6.07, 6.45) is 17.2. The molecule has 1 unspecified atom stereocenters. The van der Waals surface area contributed by atoms with Gasteiger partial charge in [0.2, 0.25) is 0 Å². The molecule has 1 atom stereocenters. The first-order valence-corrected chi connectivity index (χ1v) is 72.3. The molecule has 0 N–H and O–H groups in total. The van der Waals surface area contributed by atoms with Crippen molar-refractivity contribution >= 4 is 98.3 Å². The Morgan fingerprint density at radius 1 is 0.346 bits per heavy atom. The molecule has 0 fully saturated rings. The van der Waals surface area contributed by atoms with Gasteiger partial charge in [-0.1, -0.05) is 318 Å². The average Bonchev–Trinajstić information content (AvgIpc) is 3.20. The first kappa shape index (κ1) is 85.3. The molecule has 0 saturated carbocycles. The van der Waals surface area contributed by atoms with Crippen LogP contribution in [0.25, 0.3) is 0 Å². The fraction of sp³-hybridized carbons (Fsp3) is 0.727. The third kappa shape index (κ3) is 35.1. The molecule has 0 aromatic heterocycles. The van der Waals surface area contributed by atoms with Gasteiger partial charge in [-0.15, -0.1) is 6.58 Å². The van der Waals surface area contributed by atoms with Gasteiger partial charge in [-0.25, -0.2) is 0 Å². The molecule has 0 aliphatic carbocycles. The third-order valence-electron chi connectivity index (χ3n) is 16.6. The van der Waals surface area contributed by atoms with E-state index in [9.17, 15) is 0 Å². The van der Waals surface area contributed by atoms with Crippen LogP contribution in [0.1, 0.15) is 59.3 Å². The van der Waals surface area contributed by atoms with E-state index in [1.165, 1.54) is 65.9 Å². The van der Waals surface area contributed by atoms with Crippen molar-refractivity contribution in [3.05, 3.63) is 110 Å². The van der Waals surface area contributed by atoms with Crippen LogP contribution < -0.4 is 0 Å². The molecule has 0 aromatic carbocycles. The first-order valence-electron chi connectivity index (χ1n) is 32.0. The van der Waals surface area contributed by atoms with Crippen molar-refractivity contribution < 1.29 is 0 Å². The molecule has 15 heteroatoms. The van der Waals surface area contributed by atoms with Crippen LogP contribution in [0.5, 0.6) is 0 Å². The van der Waals surface area contributed by atoms with Gasteiger partial charge in [0, 0.05) is 0 Å². The molecule has 0 aromatic rings. The fourth-order valence-corrected chi connectivity index (χ4v) is 108. The van der Waals surface area contributed by atoms with E-state index in [-0.39, 0.29) is 0 Å². The summed E-state index contributed by atoms with van der Waals surface area (Å²) in [5, 5.41) is 0. The lowest BCUT2D eigenvalue weighted by molar-refractivity contribution is 0.782. The molecule has 0 aliphatic rings. The number of hydrogen-bond acceptors (Lipinski definition) is 3. The molecular weight excluding hydrogens is 1170 g/mol. The molecule has 0 rings (SSSR count). The Kier molecular flexibility index (Phi) is 36.0. The third-order valence-corrected chi connectivity index (χ3v) is 79.7. The minimum Gasteiger partial charge on any atom is -0.369 e. The minimum atomic E-state index is -1.42. The van der Waals surface area contributed by atoms with Crippen LogP contribution in [0.15, 0.2) is 110 Å². The normalized spacial score (nSPS) is 14.7. The highest BCUT2D eigenvalue weighted by Crippen LogP contribution is 2.41. The lowest BCUT2D eigenvalue weighted by atomic mass is 10.1. The molecule has 0 radical (unpaired) electrons. The Balaban J connectivity index is -0.00000113. The second kappa shape index (κ2) is 34.2. The summed E-state index contributed by atoms with van der Waals surface area (Å²) in [4.78, 5) is 0. The Bertz CT molecular complexity index is 1930. The number of allylic oxidation sites excluding steroid dienone is 11. The van der Waals surface area contributed by atoms with Gasteiger partial charge in [-0.2, -0.15) is 0 Å². The first-order chi connectivity index (χ1) is 35.7. The van der Waals surface area contributed by atoms with Crippen molar-refractivity contribution in [1.82, 2.24) is 11.7 Å². The minimum absolute atomic E-state index is 0.686. The van der Waals surface area contributed by atoms with Crippen molar-refractivity contribution in [2.45, 2.75) is 310 Å². The molecule has 3 nitrogen and oxygen atoms in total. The van der Waals surface area contributed by atoms with Crippen LogP contribution >= 0.6 is 0 Å². The van der Waals surface area contributed by atoms with Gasteiger partial charge in [-0.3, -0.25) is 0 Å². The molecule has 0 spiro atoms. The predicted octanol–water partition coefficient (Wildman–Crippen LogP) is 25.0. The number of hydrogen-bond donors (Lipinski definition) is 0. The van der Waals surface area contributed by atoms with Gasteiger partial charge in [0.15, 0.2) is 0 Å². The summed E-state index contributed by atoms with van der Waals surface area (Å²) in [6, 6.07) is 11.5. The molecule has 0 saturated heterocycles. The molecule has 0 bridgehead atoms. The van der Waals surface area contributed by atoms with Crippen LogP contribution in [-0.2, 0) is 0 Å². The highest BCUT2D eigenvalue weighted by Gasteiger charge is 2.48. The maximum absolute atomic E-state index is 4.38. The zero-order valence-corrected chi connectivity index (χ0v) is 73.7. The van der Waals surface area contributed by atoms with Gasteiger partial charge in [-0.05, 0) is 95.1 Å². The Morgan fingerprint density at radius 3 is 0.802 bits per heavy atom. The topological polar surface area (TPSA) is 9.72 Å². The molecule has 0 amide bonds. The number of rotatable bonds is 36. The second-order valence-electron chi connectivity index (χ2n) is 35.3. The van der Waals surface area contributed by atoms with Gasteiger partial charge >= 0.3 is 0 Å². The standard InChI is InChI=1S/3C22H49NSi4/c1-15-21(4)16-17-22(20(2)3)26(11,12)18-19-27(13,14)23(24(5,6)7)25(8,9)10;2*1-14-21(2)16-15-17-22(3)20-26(10,11)18-19-27(12,13)23(24(4,5)6)25(7,8)9/h15,22H,1-2,4,16-19H2,3,5-14H3;2*14,17H,1-2,15-16,18-20H2,3-13H3/b;22-17+;22-17-. The van der Waals surface area contributed by atoms with E-state index in [1.807, 2.05) is 18.2 Å². The van der Waals surface area contributed by atoms with Crippen LogP contribution in [0.2, 0.25) is 250 Å². The summed E-state index contributed by atoms with van der Waals surface area (Å²) in [6.45, 7) is 113. The van der Waals surface area contributed by atoms with Gasteiger partial charge in [0.05, 0.1) is 24.2 Å². The van der Waals surface area contributed by atoms with E-state index in [2.05, 4.69) is 287 Å². The molecular formula is C66H147N3Si12. The predicted molar refractivity (Wildman–Crippen MR) is 421 cm³/mol. The molecule has 0 aliphatic heterocycles. The second-order valence-corrected chi connectivity index (χ2v) is 97.4. The maximum atomic E-state index is 4.38. The van der Waals surface area contributed by atoms with Gasteiger partial charge < -0.3 is 11.7 Å². The SMILES string of the molecule is C=CC(=C)CC/C=C(/C)C[Si](C)(C)CC[Si](C)(C)N([Si](C)(C)C)[Si](C)(C)C.C=CC(=C)CC/C=C(\C)C[Si](C)(C)CC[Si](C)(C)N([Si](C)(C)C)[Si](C)(C)C.C=CC(=C)CCC(C(=C)C)[Si](C)(C)CC[Si](C)(C)N([Si](C)(C)C)[Si](C)(C)C. The Hall–Kier alpha value is 0.143. The maximum Gasteiger partial charge on any atom is 0.108 e. The summed E-state index contributed by atoms with van der Waals surface area (Å²) >= 11 is 0. The van der Waals surface area contributed by atoms with E-state index < -0.39 is 98.3 Å². The molecule has 0 heterocycles. The number of nitrogens with zero attached hydrogens (tertiary/aromatic N) is 3. The summed E-state index contributed by atoms with van der Waals surface area (Å²) in [5.74, 6) is 0. The highest BCUT2D eigenvalue weighted by molar-refractivity contribution is 7.06. The Morgan fingerprint density at radius 2 is 0.580 bits per heavy atom. The van der Waals surface area contributed by atoms with Crippen LogP contribution in [-0.4, -0.2) is 110 Å². The van der Waals surface area contributed by atoms with E-state index in [1.54, 1.807) is 11.1 Å². The molecule has 81 heavy (non-hydrogen) atoms. The lowest BCUT2D eigenvalue weighted by Gasteiger charge is -2.53. The van der Waals surface area contributed by atoms with Crippen molar-refractivity contribution in [2.75, 3.05) is 0 Å². The van der Waals surface area contributed by atoms with Crippen LogP contribution in [0.3, 0.4) is 0 Å². The summed E-state index contributed by atoms with van der Waals surface area (Å²) < 4.78 is 9.41. The summed E-state index contributed by atoms with van der Waals surface area (Å²) in [7, 11) is -15.6. The van der Waals surface area contributed by atoms with Crippen molar-refractivity contribution in [2.24, 2.45) is 0 Å². The van der Waals surface area contributed by atoms with Crippen LogP contribution in [0, 0.1) is 0 Å². The van der Waals surface area contributed by atoms with Crippen molar-refractivity contribution in [3.63, 3.8) is 0 Å². The van der Waals surface area contributed by atoms with Crippen molar-refractivity contribution in [3.8, 4) is 0 Å². The summed E-state index contributed by atoms with van der Waals surface area (Å²) in [5.41, 5.74) is 8.73. The zero-order chi connectivity index (χ0) is 65.2. The zero-order valence-electron chi connectivity index (χ0n) is 61.7. The molecule has 474 valence electrons. The van der Waals surface area contributed by atoms with Gasteiger partial charge in [0.1, 0.15) is 74.1 Å². The lowest BCUT2D eigenvalue weighted by Crippen LogP contribution is -2.70. The van der Waals surface area contributed by atoms with E-state index in [4.69, 9.17) is 0 Å². The van der Waals surface area contributed by atoms with Crippen molar-refractivity contribution in [1.29, 1.82) is 0 Å². The van der Waals surface area contributed by atoms with Crippen LogP contribution in [0.4, 0.5) is 0 Å². The van der Waals surface area contributed by atoms with E-state index in [0.29, 0.717) is 5.54 Å². The average molecular weight is 1320 g/mol.